The van der Waals surface area contributed by atoms with Crippen molar-refractivity contribution in [2.24, 2.45) is 0 Å². The van der Waals surface area contributed by atoms with Gasteiger partial charge in [0.2, 0.25) is 0 Å². The molecule has 4 rings (SSSR count). The van der Waals surface area contributed by atoms with Crippen LogP contribution in [0, 0.1) is 13.8 Å². The Morgan fingerprint density at radius 2 is 1.10 bits per heavy atom. The van der Waals surface area contributed by atoms with E-state index < -0.39 is 0 Å². The van der Waals surface area contributed by atoms with Gasteiger partial charge < -0.3 is 0 Å². The van der Waals surface area contributed by atoms with Crippen molar-refractivity contribution in [3.63, 3.8) is 0 Å². The number of hydrogen-bond acceptors (Lipinski definition) is 5. The summed E-state index contributed by atoms with van der Waals surface area (Å²) in [6.07, 6.45) is 2.27. The van der Waals surface area contributed by atoms with Crippen molar-refractivity contribution in [2.75, 3.05) is 0 Å². The second kappa shape index (κ2) is 8.09. The van der Waals surface area contributed by atoms with Crippen LogP contribution < -0.4 is 0 Å². The third-order valence-corrected chi connectivity index (χ3v) is 10.6. The Kier molecular flexibility index (Phi) is 5.91. The number of rotatable bonds is 6. The molecule has 31 heavy (non-hydrogen) atoms. The molecule has 0 saturated heterocycles. The Morgan fingerprint density at radius 3 is 1.45 bits per heavy atom. The van der Waals surface area contributed by atoms with E-state index in [0.29, 0.717) is 0 Å². The molecule has 0 amide bonds. The molecule has 4 aromatic rings. The van der Waals surface area contributed by atoms with Crippen molar-refractivity contribution in [3.8, 4) is 20.9 Å². The number of thiophene rings is 2. The van der Waals surface area contributed by atoms with Gasteiger partial charge in [-0.2, -0.15) is 8.75 Å². The van der Waals surface area contributed by atoms with Gasteiger partial charge in [-0.3, -0.25) is 0 Å². The van der Waals surface area contributed by atoms with Gasteiger partial charge in [-0.1, -0.05) is 53.7 Å². The van der Waals surface area contributed by atoms with Gasteiger partial charge in [-0.05, 0) is 60.8 Å². The van der Waals surface area contributed by atoms with E-state index >= 15 is 0 Å². The third kappa shape index (κ3) is 3.90. The van der Waals surface area contributed by atoms with E-state index in [1.165, 1.54) is 53.5 Å². The van der Waals surface area contributed by atoms with Gasteiger partial charge in [0, 0.05) is 30.6 Å². The minimum Gasteiger partial charge on any atom is -0.172 e. The molecule has 0 unspecified atom stereocenters. The quantitative estimate of drug-likeness (QED) is 0.282. The van der Waals surface area contributed by atoms with Crippen molar-refractivity contribution < 1.29 is 0 Å². The molecule has 0 bridgehead atoms. The molecule has 0 aliphatic rings. The second-order valence-electron chi connectivity index (χ2n) is 9.84. The fourth-order valence-corrected chi connectivity index (χ4v) is 7.47. The minimum absolute atomic E-state index is 0.198. The Labute approximate surface area is 198 Å². The molecular weight excluding hydrogens is 437 g/mol. The molecule has 0 radical (unpaired) electrons. The molecule has 0 spiro atoms. The summed E-state index contributed by atoms with van der Waals surface area (Å²) in [5, 5.41) is 0. The van der Waals surface area contributed by atoms with Crippen LogP contribution in [0.5, 0.6) is 0 Å². The van der Waals surface area contributed by atoms with Crippen LogP contribution in [0.4, 0.5) is 0 Å². The molecule has 0 atom stereocenters. The van der Waals surface area contributed by atoms with E-state index in [1.807, 2.05) is 22.7 Å². The van der Waals surface area contributed by atoms with Gasteiger partial charge >= 0.3 is 0 Å². The summed E-state index contributed by atoms with van der Waals surface area (Å²) in [5.41, 5.74) is 7.65. The van der Waals surface area contributed by atoms with Crippen LogP contribution in [0.25, 0.3) is 31.9 Å². The lowest BCUT2D eigenvalue weighted by Crippen LogP contribution is -2.14. The molecule has 2 nitrogen and oxygen atoms in total. The lowest BCUT2D eigenvalue weighted by atomic mass is 9.86. The van der Waals surface area contributed by atoms with E-state index in [4.69, 9.17) is 8.75 Å². The van der Waals surface area contributed by atoms with Crippen molar-refractivity contribution >= 4 is 45.4 Å². The number of benzene rings is 1. The fourth-order valence-electron chi connectivity index (χ4n) is 4.16. The lowest BCUT2D eigenvalue weighted by Gasteiger charge is -2.22. The van der Waals surface area contributed by atoms with Crippen LogP contribution in [0.2, 0.25) is 0 Å². The summed E-state index contributed by atoms with van der Waals surface area (Å²) in [6.45, 7) is 18.4. The molecule has 0 saturated carbocycles. The van der Waals surface area contributed by atoms with Gasteiger partial charge in [-0.25, -0.2) is 0 Å². The maximum absolute atomic E-state index is 4.74. The molecule has 5 heteroatoms. The predicted molar refractivity (Wildman–Crippen MR) is 140 cm³/mol. The molecule has 3 heterocycles. The molecular formula is C26H32N2S3. The Balaban J connectivity index is 1.83. The molecule has 0 fully saturated rings. The van der Waals surface area contributed by atoms with E-state index in [9.17, 15) is 0 Å². The molecule has 3 aromatic heterocycles. The first-order valence-electron chi connectivity index (χ1n) is 11.1. The summed E-state index contributed by atoms with van der Waals surface area (Å²) in [7, 11) is 0. The van der Waals surface area contributed by atoms with Gasteiger partial charge in [0.15, 0.2) is 0 Å². The average molecular weight is 469 g/mol. The molecule has 0 aliphatic carbocycles. The van der Waals surface area contributed by atoms with Crippen LogP contribution in [-0.2, 0) is 10.8 Å². The van der Waals surface area contributed by atoms with E-state index in [-0.39, 0.29) is 10.8 Å². The lowest BCUT2D eigenvalue weighted by molar-refractivity contribution is 0.514. The molecule has 0 N–H and O–H groups in total. The first-order valence-corrected chi connectivity index (χ1v) is 13.4. The van der Waals surface area contributed by atoms with Crippen LogP contribution >= 0.6 is 34.4 Å². The molecule has 1 aromatic carbocycles. The predicted octanol–water partition coefficient (Wildman–Crippen LogP) is 9.14. The summed E-state index contributed by atoms with van der Waals surface area (Å²) in [5.74, 6) is 0. The highest BCUT2D eigenvalue weighted by Crippen LogP contribution is 2.45. The zero-order valence-corrected chi connectivity index (χ0v) is 22.3. The zero-order chi connectivity index (χ0) is 22.6. The zero-order valence-electron chi connectivity index (χ0n) is 19.8. The highest BCUT2D eigenvalue weighted by atomic mass is 32.1. The first-order chi connectivity index (χ1) is 14.6. The maximum Gasteiger partial charge on any atom is 0.114 e. The summed E-state index contributed by atoms with van der Waals surface area (Å²) < 4.78 is 9.48. The maximum atomic E-state index is 4.74. The van der Waals surface area contributed by atoms with Crippen molar-refractivity contribution in [1.29, 1.82) is 0 Å². The van der Waals surface area contributed by atoms with Crippen LogP contribution in [0.1, 0.15) is 75.3 Å². The van der Waals surface area contributed by atoms with E-state index in [2.05, 4.69) is 79.7 Å². The largest absolute Gasteiger partial charge is 0.172 e. The third-order valence-electron chi connectivity index (χ3n) is 6.78. The van der Waals surface area contributed by atoms with Gasteiger partial charge in [0.25, 0.3) is 0 Å². The number of aryl methyl sites for hydroxylation is 2. The van der Waals surface area contributed by atoms with E-state index in [1.54, 1.807) is 0 Å². The van der Waals surface area contributed by atoms with Crippen LogP contribution in [-0.4, -0.2) is 8.75 Å². The average Bonchev–Trinajstić information content (AvgIpc) is 3.45. The summed E-state index contributed by atoms with van der Waals surface area (Å²) >= 11 is 5.15. The normalized spacial score (nSPS) is 12.8. The van der Waals surface area contributed by atoms with E-state index in [0.717, 1.165) is 23.9 Å². The van der Waals surface area contributed by atoms with Crippen LogP contribution in [0.3, 0.4) is 0 Å². The van der Waals surface area contributed by atoms with Crippen LogP contribution in [0.15, 0.2) is 24.3 Å². The summed E-state index contributed by atoms with van der Waals surface area (Å²) in [6, 6.07) is 9.18. The number of fused-ring (bicyclic) bond motifs is 1. The Bertz CT molecular complexity index is 1140. The standard InChI is InChI=1S/C26H32N2S3/c1-9-25(5,6)23-15(3)13-19(29-23)17-11-12-18(22-21(17)27-31-28-22)20-14-16(4)24(30-20)26(7,8)10-2/h11-14H,9-10H2,1-8H3. The van der Waals surface area contributed by atoms with Crippen molar-refractivity contribution in [2.45, 2.75) is 79.1 Å². The minimum atomic E-state index is 0.198. The number of hydrogen-bond donors (Lipinski definition) is 0. The van der Waals surface area contributed by atoms with Gasteiger partial charge in [-0.15, -0.1) is 22.7 Å². The van der Waals surface area contributed by atoms with Gasteiger partial charge in [0.1, 0.15) is 11.0 Å². The Hall–Kier alpha value is -1.56. The summed E-state index contributed by atoms with van der Waals surface area (Å²) in [4.78, 5) is 5.55. The number of nitrogens with zero attached hydrogens (tertiary/aromatic N) is 2. The first kappa shape index (κ1) is 22.6. The fraction of sp³-hybridized carbons (Fsp3) is 0.462. The highest BCUT2D eigenvalue weighted by molar-refractivity contribution is 7.16. The smallest absolute Gasteiger partial charge is 0.114 e. The molecule has 0 aliphatic heterocycles. The molecule has 164 valence electrons. The second-order valence-corrected chi connectivity index (χ2v) is 12.5. The van der Waals surface area contributed by atoms with Crippen molar-refractivity contribution in [3.05, 3.63) is 45.1 Å². The topological polar surface area (TPSA) is 25.8 Å². The Morgan fingerprint density at radius 1 is 0.710 bits per heavy atom. The monoisotopic (exact) mass is 468 g/mol. The SMILES string of the molecule is CCC(C)(C)c1sc(-c2ccc(-c3cc(C)c(C(C)(C)CC)s3)c3nsnc23)cc1C. The van der Waals surface area contributed by atoms with Crippen molar-refractivity contribution in [1.82, 2.24) is 8.75 Å². The van der Waals surface area contributed by atoms with Gasteiger partial charge in [0.05, 0.1) is 11.7 Å². The number of aromatic nitrogens is 2. The highest BCUT2D eigenvalue weighted by Gasteiger charge is 2.26.